The first-order valence-electron chi connectivity index (χ1n) is 7.26. The number of carbonyl (C=O) groups excluding carboxylic acids is 1. The Hall–Kier alpha value is -1.88. The molecule has 0 bridgehead atoms. The van der Waals surface area contributed by atoms with Gasteiger partial charge in [-0.15, -0.1) is 11.3 Å². The van der Waals surface area contributed by atoms with Crippen LogP contribution in [0.2, 0.25) is 0 Å². The van der Waals surface area contributed by atoms with E-state index in [-0.39, 0.29) is 18.6 Å². The van der Waals surface area contributed by atoms with E-state index in [1.807, 2.05) is 39.1 Å². The lowest BCUT2D eigenvalue weighted by Gasteiger charge is -2.24. The fourth-order valence-corrected chi connectivity index (χ4v) is 2.94. The zero-order valence-corrected chi connectivity index (χ0v) is 14.5. The van der Waals surface area contributed by atoms with Gasteiger partial charge in [-0.1, -0.05) is 12.1 Å². The fourth-order valence-electron chi connectivity index (χ4n) is 2.21. The SMILES string of the molecule is Cc1ccc(C)c(OCC(=O)N(C)C(C)c2nccs2)c1C. The number of carbonyl (C=O) groups is 1. The lowest BCUT2D eigenvalue weighted by atomic mass is 10.1. The number of likely N-dealkylation sites (N-methyl/N-ethyl adjacent to an activating group) is 1. The number of nitrogens with zero attached hydrogens (tertiary/aromatic N) is 2. The summed E-state index contributed by atoms with van der Waals surface area (Å²) in [6, 6.07) is 4.04. The smallest absolute Gasteiger partial charge is 0.260 e. The standard InChI is InChI=1S/C17H22N2O2S/c1-11-6-7-12(2)16(13(11)3)21-10-15(20)19(5)14(4)17-18-8-9-22-17/h6-9,14H,10H2,1-5H3. The van der Waals surface area contributed by atoms with Crippen molar-refractivity contribution in [3.63, 3.8) is 0 Å². The van der Waals surface area contributed by atoms with Crippen molar-refractivity contribution in [1.29, 1.82) is 0 Å². The van der Waals surface area contributed by atoms with Gasteiger partial charge in [-0.2, -0.15) is 0 Å². The Morgan fingerprint density at radius 1 is 1.32 bits per heavy atom. The molecule has 118 valence electrons. The summed E-state index contributed by atoms with van der Waals surface area (Å²) in [5, 5.41) is 2.85. The maximum atomic E-state index is 12.3. The van der Waals surface area contributed by atoms with Gasteiger partial charge in [0.05, 0.1) is 6.04 Å². The van der Waals surface area contributed by atoms with Gasteiger partial charge in [0, 0.05) is 18.6 Å². The Kier molecular flexibility index (Phi) is 5.19. The molecule has 5 heteroatoms. The Labute approximate surface area is 135 Å². The molecule has 1 amide bonds. The number of hydrogen-bond donors (Lipinski definition) is 0. The van der Waals surface area contributed by atoms with Crippen LogP contribution in [0.3, 0.4) is 0 Å². The van der Waals surface area contributed by atoms with E-state index >= 15 is 0 Å². The third-order valence-electron chi connectivity index (χ3n) is 4.00. The monoisotopic (exact) mass is 318 g/mol. The summed E-state index contributed by atoms with van der Waals surface area (Å²) in [7, 11) is 1.79. The van der Waals surface area contributed by atoms with Gasteiger partial charge in [-0.3, -0.25) is 4.79 Å². The van der Waals surface area contributed by atoms with Crippen molar-refractivity contribution in [3.8, 4) is 5.75 Å². The molecule has 1 heterocycles. The number of aromatic nitrogens is 1. The topological polar surface area (TPSA) is 42.4 Å². The Morgan fingerprint density at radius 3 is 2.64 bits per heavy atom. The maximum absolute atomic E-state index is 12.3. The maximum Gasteiger partial charge on any atom is 0.260 e. The lowest BCUT2D eigenvalue weighted by molar-refractivity contribution is -0.134. The molecule has 0 aliphatic heterocycles. The second-order valence-electron chi connectivity index (χ2n) is 5.49. The molecule has 0 radical (unpaired) electrons. The van der Waals surface area contributed by atoms with Crippen molar-refractivity contribution in [2.24, 2.45) is 0 Å². The summed E-state index contributed by atoms with van der Waals surface area (Å²) in [6.07, 6.45) is 1.75. The van der Waals surface area contributed by atoms with E-state index < -0.39 is 0 Å². The van der Waals surface area contributed by atoms with E-state index in [1.54, 1.807) is 29.5 Å². The molecule has 0 saturated carbocycles. The summed E-state index contributed by atoms with van der Waals surface area (Å²) in [6.45, 7) is 8.07. The summed E-state index contributed by atoms with van der Waals surface area (Å²) >= 11 is 1.55. The van der Waals surface area contributed by atoms with Crippen LogP contribution in [0, 0.1) is 20.8 Å². The Morgan fingerprint density at radius 2 is 2.00 bits per heavy atom. The van der Waals surface area contributed by atoms with Crippen LogP contribution in [0.15, 0.2) is 23.7 Å². The number of rotatable bonds is 5. The summed E-state index contributed by atoms with van der Waals surface area (Å²) < 4.78 is 5.79. The lowest BCUT2D eigenvalue weighted by Crippen LogP contribution is -2.33. The van der Waals surface area contributed by atoms with Crippen LogP contribution in [0.1, 0.15) is 34.7 Å². The van der Waals surface area contributed by atoms with Gasteiger partial charge < -0.3 is 9.64 Å². The molecule has 1 aromatic heterocycles. The molecule has 1 atom stereocenters. The largest absolute Gasteiger partial charge is 0.483 e. The van der Waals surface area contributed by atoms with E-state index in [0.29, 0.717) is 0 Å². The van der Waals surface area contributed by atoms with E-state index in [4.69, 9.17) is 4.74 Å². The number of ether oxygens (including phenoxy) is 1. The molecule has 0 fully saturated rings. The minimum Gasteiger partial charge on any atom is -0.483 e. The van der Waals surface area contributed by atoms with Gasteiger partial charge in [0.1, 0.15) is 10.8 Å². The molecule has 0 aliphatic carbocycles. The number of thiazole rings is 1. The first-order valence-corrected chi connectivity index (χ1v) is 8.14. The van der Waals surface area contributed by atoms with E-state index in [2.05, 4.69) is 11.1 Å². The number of benzene rings is 1. The number of hydrogen-bond acceptors (Lipinski definition) is 4. The fraction of sp³-hybridized carbons (Fsp3) is 0.412. The van der Waals surface area contributed by atoms with Crippen molar-refractivity contribution in [2.45, 2.75) is 33.7 Å². The first-order chi connectivity index (χ1) is 10.4. The third kappa shape index (κ3) is 3.47. The van der Waals surface area contributed by atoms with Gasteiger partial charge in [-0.05, 0) is 44.4 Å². The summed E-state index contributed by atoms with van der Waals surface area (Å²) in [4.78, 5) is 18.3. The predicted molar refractivity (Wildman–Crippen MR) is 89.4 cm³/mol. The van der Waals surface area contributed by atoms with Gasteiger partial charge >= 0.3 is 0 Å². The highest BCUT2D eigenvalue weighted by Crippen LogP contribution is 2.26. The summed E-state index contributed by atoms with van der Waals surface area (Å²) in [5.41, 5.74) is 3.30. The Bertz CT molecular complexity index is 653. The molecule has 4 nitrogen and oxygen atoms in total. The molecule has 2 rings (SSSR count). The van der Waals surface area contributed by atoms with Crippen LogP contribution in [0.25, 0.3) is 0 Å². The highest BCUT2D eigenvalue weighted by atomic mass is 32.1. The van der Waals surface area contributed by atoms with Crippen molar-refractivity contribution in [3.05, 3.63) is 45.4 Å². The van der Waals surface area contributed by atoms with E-state index in [0.717, 1.165) is 27.4 Å². The second-order valence-corrected chi connectivity index (χ2v) is 6.42. The second kappa shape index (κ2) is 6.92. The van der Waals surface area contributed by atoms with E-state index in [9.17, 15) is 4.79 Å². The van der Waals surface area contributed by atoms with Gasteiger partial charge in [-0.25, -0.2) is 4.98 Å². The minimum atomic E-state index is -0.0528. The molecule has 2 aromatic rings. The molecule has 0 aliphatic rings. The summed E-state index contributed by atoms with van der Waals surface area (Å²) in [5.74, 6) is 0.756. The molecule has 0 saturated heterocycles. The molecule has 1 unspecified atom stereocenters. The average molecular weight is 318 g/mol. The van der Waals surface area contributed by atoms with Crippen LogP contribution < -0.4 is 4.74 Å². The molecular weight excluding hydrogens is 296 g/mol. The predicted octanol–water partition coefficient (Wildman–Crippen LogP) is 3.67. The molecule has 1 aromatic carbocycles. The van der Waals surface area contributed by atoms with Crippen LogP contribution in [-0.2, 0) is 4.79 Å². The minimum absolute atomic E-state index is 0.0390. The highest BCUT2D eigenvalue weighted by Gasteiger charge is 2.20. The van der Waals surface area contributed by atoms with Crippen molar-refractivity contribution < 1.29 is 9.53 Å². The van der Waals surface area contributed by atoms with Crippen LogP contribution in [-0.4, -0.2) is 29.4 Å². The van der Waals surface area contributed by atoms with Gasteiger partial charge in [0.2, 0.25) is 0 Å². The zero-order chi connectivity index (χ0) is 16.3. The third-order valence-corrected chi connectivity index (χ3v) is 4.94. The average Bonchev–Trinajstić information content (AvgIpc) is 3.03. The van der Waals surface area contributed by atoms with E-state index in [1.165, 1.54) is 0 Å². The Balaban J connectivity index is 2.03. The normalized spacial score (nSPS) is 12.0. The van der Waals surface area contributed by atoms with Gasteiger partial charge in [0.25, 0.3) is 5.91 Å². The molecular formula is C17H22N2O2S. The molecule has 22 heavy (non-hydrogen) atoms. The first kappa shape index (κ1) is 16.5. The quantitative estimate of drug-likeness (QED) is 0.845. The molecule has 0 spiro atoms. The van der Waals surface area contributed by atoms with Crippen LogP contribution in [0.5, 0.6) is 5.75 Å². The highest BCUT2D eigenvalue weighted by molar-refractivity contribution is 7.09. The van der Waals surface area contributed by atoms with Crippen LogP contribution in [0.4, 0.5) is 0 Å². The van der Waals surface area contributed by atoms with Crippen molar-refractivity contribution >= 4 is 17.2 Å². The van der Waals surface area contributed by atoms with Crippen molar-refractivity contribution in [1.82, 2.24) is 9.88 Å². The van der Waals surface area contributed by atoms with Crippen LogP contribution >= 0.6 is 11.3 Å². The zero-order valence-electron chi connectivity index (χ0n) is 13.7. The number of aryl methyl sites for hydroxylation is 2. The van der Waals surface area contributed by atoms with Crippen molar-refractivity contribution in [2.75, 3.05) is 13.7 Å². The number of amides is 1. The molecule has 0 N–H and O–H groups in total. The van der Waals surface area contributed by atoms with Gasteiger partial charge in [0.15, 0.2) is 6.61 Å².